The summed E-state index contributed by atoms with van der Waals surface area (Å²) >= 11 is 0. The topological polar surface area (TPSA) is 117 Å². The average molecular weight is 441 g/mol. The first-order chi connectivity index (χ1) is 15.5. The smallest absolute Gasteiger partial charge is 0.269 e. The summed E-state index contributed by atoms with van der Waals surface area (Å²) in [7, 11) is 0. The van der Waals surface area contributed by atoms with Crippen LogP contribution < -0.4 is 5.43 Å². The lowest BCUT2D eigenvalue weighted by atomic mass is 9.96. The van der Waals surface area contributed by atoms with E-state index in [1.165, 1.54) is 18.3 Å². The van der Waals surface area contributed by atoms with Crippen LogP contribution >= 0.6 is 0 Å². The van der Waals surface area contributed by atoms with Gasteiger partial charge < -0.3 is 14.7 Å². The molecule has 3 rings (SSSR count). The Kier molecular flexibility index (Phi) is 8.85. The molecule has 2 N–H and O–H groups in total. The van der Waals surface area contributed by atoms with E-state index in [4.69, 9.17) is 4.74 Å². The molecular formula is C23H28N4O5. The van der Waals surface area contributed by atoms with E-state index in [1.54, 1.807) is 12.1 Å². The number of aliphatic hydroxyl groups excluding tert-OH is 1. The van der Waals surface area contributed by atoms with Crippen LogP contribution in [0.15, 0.2) is 59.7 Å². The fourth-order valence-electron chi connectivity index (χ4n) is 3.56. The maximum atomic E-state index is 12.3. The molecule has 1 heterocycles. The van der Waals surface area contributed by atoms with Gasteiger partial charge in [-0.15, -0.1) is 0 Å². The first-order valence-electron chi connectivity index (χ1n) is 10.6. The highest BCUT2D eigenvalue weighted by molar-refractivity contribution is 5.83. The van der Waals surface area contributed by atoms with Gasteiger partial charge in [0.15, 0.2) is 0 Å². The van der Waals surface area contributed by atoms with E-state index < -0.39 is 11.0 Å². The van der Waals surface area contributed by atoms with Gasteiger partial charge in [-0.05, 0) is 49.2 Å². The van der Waals surface area contributed by atoms with Gasteiger partial charge in [-0.1, -0.05) is 30.3 Å². The summed E-state index contributed by atoms with van der Waals surface area (Å²) in [6.07, 6.45) is 2.27. The number of nitro benzene ring substituents is 1. The molecule has 0 aliphatic carbocycles. The van der Waals surface area contributed by atoms with E-state index in [0.29, 0.717) is 31.6 Å². The van der Waals surface area contributed by atoms with Gasteiger partial charge in [0.1, 0.15) is 0 Å². The summed E-state index contributed by atoms with van der Waals surface area (Å²) in [6, 6.07) is 15.7. The zero-order chi connectivity index (χ0) is 22.8. The number of aliphatic hydroxyl groups is 1. The number of rotatable bonds is 10. The Morgan fingerprint density at radius 2 is 1.91 bits per heavy atom. The molecule has 0 saturated carbocycles. The summed E-state index contributed by atoms with van der Waals surface area (Å²) in [4.78, 5) is 24.7. The normalized spacial score (nSPS) is 16.2. The highest BCUT2D eigenvalue weighted by Crippen LogP contribution is 2.18. The number of nitrogens with one attached hydrogen (secondary N) is 1. The number of β-amino-alcohol motifs (C(OH)–C–C–N with tert-alkyl or cyclic N) is 1. The van der Waals surface area contributed by atoms with E-state index in [-0.39, 0.29) is 24.1 Å². The van der Waals surface area contributed by atoms with Crippen molar-refractivity contribution in [3.05, 3.63) is 75.8 Å². The van der Waals surface area contributed by atoms with Crippen molar-refractivity contribution in [3.8, 4) is 0 Å². The van der Waals surface area contributed by atoms with Crippen LogP contribution in [0.3, 0.4) is 0 Å². The lowest BCUT2D eigenvalue weighted by Crippen LogP contribution is -2.43. The Morgan fingerprint density at radius 1 is 1.22 bits per heavy atom. The molecule has 0 aromatic heterocycles. The Bertz CT molecular complexity index is 896. The van der Waals surface area contributed by atoms with Crippen molar-refractivity contribution in [2.24, 2.45) is 11.0 Å². The second-order valence-corrected chi connectivity index (χ2v) is 7.81. The number of piperidine rings is 1. The van der Waals surface area contributed by atoms with Gasteiger partial charge in [-0.2, -0.15) is 5.10 Å². The number of carbonyl (C=O) groups excluding carboxylic acids is 1. The molecule has 1 saturated heterocycles. The number of benzene rings is 2. The van der Waals surface area contributed by atoms with Gasteiger partial charge in [-0.3, -0.25) is 14.9 Å². The number of nitrogens with zero attached hydrogens (tertiary/aromatic N) is 3. The number of likely N-dealkylation sites (tertiary alicyclic amines) is 1. The van der Waals surface area contributed by atoms with Crippen molar-refractivity contribution in [2.45, 2.75) is 25.6 Å². The predicted molar refractivity (Wildman–Crippen MR) is 120 cm³/mol. The maximum Gasteiger partial charge on any atom is 0.269 e. The van der Waals surface area contributed by atoms with E-state index >= 15 is 0 Å². The Hall–Kier alpha value is -3.14. The van der Waals surface area contributed by atoms with Crippen molar-refractivity contribution < 1.29 is 19.6 Å². The molecule has 2 aromatic carbocycles. The molecule has 170 valence electrons. The highest BCUT2D eigenvalue weighted by atomic mass is 16.6. The molecule has 1 unspecified atom stereocenters. The van der Waals surface area contributed by atoms with Gasteiger partial charge >= 0.3 is 0 Å². The fraction of sp³-hybridized carbons (Fsp3) is 0.391. The number of hydrogen-bond acceptors (Lipinski definition) is 7. The molecule has 9 nitrogen and oxygen atoms in total. The quantitative estimate of drug-likeness (QED) is 0.333. The van der Waals surface area contributed by atoms with Crippen LogP contribution in [0.25, 0.3) is 0 Å². The number of non-ortho nitro benzene ring substituents is 1. The van der Waals surface area contributed by atoms with Crippen molar-refractivity contribution >= 4 is 17.8 Å². The Morgan fingerprint density at radius 3 is 2.56 bits per heavy atom. The van der Waals surface area contributed by atoms with Gasteiger partial charge in [0.2, 0.25) is 5.91 Å². The van der Waals surface area contributed by atoms with Gasteiger partial charge in [0, 0.05) is 24.6 Å². The van der Waals surface area contributed by atoms with E-state index in [2.05, 4.69) is 15.4 Å². The first kappa shape index (κ1) is 23.5. The van der Waals surface area contributed by atoms with Crippen LogP contribution in [-0.4, -0.2) is 59.4 Å². The molecule has 1 aliphatic rings. The van der Waals surface area contributed by atoms with Gasteiger partial charge in [0.05, 0.1) is 30.5 Å². The molecule has 0 bridgehead atoms. The molecule has 1 amide bonds. The van der Waals surface area contributed by atoms with Crippen molar-refractivity contribution in [3.63, 3.8) is 0 Å². The monoisotopic (exact) mass is 440 g/mol. The summed E-state index contributed by atoms with van der Waals surface area (Å²) in [5.74, 6) is -0.277. The molecular weight excluding hydrogens is 412 g/mol. The summed E-state index contributed by atoms with van der Waals surface area (Å²) in [5.41, 5.74) is 4.28. The number of hydrogen-bond donors (Lipinski definition) is 2. The third-order valence-corrected chi connectivity index (χ3v) is 5.34. The second-order valence-electron chi connectivity index (χ2n) is 7.81. The molecule has 1 aliphatic heterocycles. The maximum absolute atomic E-state index is 12.3. The lowest BCUT2D eigenvalue weighted by Gasteiger charge is -2.32. The zero-order valence-corrected chi connectivity index (χ0v) is 17.8. The number of hydrazone groups is 1. The number of amides is 1. The standard InChI is InChI=1S/C23H28N4O5/c28-22(17-32-16-19-4-2-1-3-5-19)15-26-12-10-20(11-13-26)23(29)25-24-14-18-6-8-21(9-7-18)27(30)31/h1-9,14,20,22,28H,10-13,15-17H2,(H,25,29). The van der Waals surface area contributed by atoms with Crippen LogP contribution in [0.4, 0.5) is 5.69 Å². The summed E-state index contributed by atoms with van der Waals surface area (Å²) < 4.78 is 5.59. The molecule has 32 heavy (non-hydrogen) atoms. The van der Waals surface area contributed by atoms with E-state index in [9.17, 15) is 20.0 Å². The average Bonchev–Trinajstić information content (AvgIpc) is 2.80. The van der Waals surface area contributed by atoms with Crippen LogP contribution in [0, 0.1) is 16.0 Å². The molecule has 9 heteroatoms. The minimum absolute atomic E-state index is 0.00539. The number of nitro groups is 1. The van der Waals surface area contributed by atoms with Crippen LogP contribution in [0.2, 0.25) is 0 Å². The third-order valence-electron chi connectivity index (χ3n) is 5.34. The lowest BCUT2D eigenvalue weighted by molar-refractivity contribution is -0.384. The minimum Gasteiger partial charge on any atom is -0.389 e. The van der Waals surface area contributed by atoms with E-state index in [0.717, 1.165) is 18.7 Å². The van der Waals surface area contributed by atoms with Crippen molar-refractivity contribution in [1.82, 2.24) is 10.3 Å². The fourth-order valence-corrected chi connectivity index (χ4v) is 3.56. The third kappa shape index (κ3) is 7.52. The Labute approximate surface area is 186 Å². The van der Waals surface area contributed by atoms with Gasteiger partial charge in [-0.25, -0.2) is 5.43 Å². The predicted octanol–water partition coefficient (Wildman–Crippen LogP) is 2.33. The highest BCUT2D eigenvalue weighted by Gasteiger charge is 2.25. The largest absolute Gasteiger partial charge is 0.389 e. The van der Waals surface area contributed by atoms with Crippen molar-refractivity contribution in [1.29, 1.82) is 0 Å². The zero-order valence-electron chi connectivity index (χ0n) is 17.8. The number of carbonyl (C=O) groups is 1. The molecule has 1 atom stereocenters. The van der Waals surface area contributed by atoms with Gasteiger partial charge in [0.25, 0.3) is 5.69 Å². The SMILES string of the molecule is O=C(NN=Cc1ccc([N+](=O)[O-])cc1)C1CCN(CC(O)COCc2ccccc2)CC1. The van der Waals surface area contributed by atoms with E-state index in [1.807, 2.05) is 30.3 Å². The minimum atomic E-state index is -0.574. The molecule has 0 radical (unpaired) electrons. The molecule has 1 fully saturated rings. The van der Waals surface area contributed by atoms with Crippen LogP contribution in [0.1, 0.15) is 24.0 Å². The second kappa shape index (κ2) is 12.0. The first-order valence-corrected chi connectivity index (χ1v) is 10.6. The van der Waals surface area contributed by atoms with Crippen LogP contribution in [-0.2, 0) is 16.1 Å². The Balaban J connectivity index is 1.32. The summed E-state index contributed by atoms with van der Waals surface area (Å²) in [5, 5.41) is 24.8. The van der Waals surface area contributed by atoms with Crippen molar-refractivity contribution in [2.75, 3.05) is 26.2 Å². The molecule has 0 spiro atoms. The van der Waals surface area contributed by atoms with Crippen LogP contribution in [0.5, 0.6) is 0 Å². The summed E-state index contributed by atoms with van der Waals surface area (Å²) in [6.45, 7) is 2.70. The number of ether oxygens (including phenoxy) is 1. The molecule has 2 aromatic rings.